The Hall–Kier alpha value is -3.73. The first kappa shape index (κ1) is 16.7. The number of hydrogen-bond acceptors (Lipinski definition) is 3. The summed E-state index contributed by atoms with van der Waals surface area (Å²) < 4.78 is 1.32. The summed E-state index contributed by atoms with van der Waals surface area (Å²) in [6.07, 6.45) is 0. The van der Waals surface area contributed by atoms with Crippen LogP contribution in [-0.2, 0) is 0 Å². The molecule has 27 heavy (non-hydrogen) atoms. The number of nitrogens with zero attached hydrogens (tertiary/aromatic N) is 2. The first-order valence-electron chi connectivity index (χ1n) is 8.47. The monoisotopic (exact) mass is 356 g/mol. The second-order valence-corrected chi connectivity index (χ2v) is 6.33. The molecule has 4 rings (SSSR count). The number of carboxylic acid groups (broad SMARTS) is 1. The van der Waals surface area contributed by atoms with Gasteiger partial charge < -0.3 is 5.11 Å². The quantitative estimate of drug-likeness (QED) is 0.601. The SMILES string of the molecule is Cc1ccc(-c2nn(-c3ccc(C(=O)O)cc3)c(=O)c3ccccc23)cc1. The van der Waals surface area contributed by atoms with Gasteiger partial charge in [0.25, 0.3) is 5.56 Å². The highest BCUT2D eigenvalue weighted by atomic mass is 16.4. The maximum atomic E-state index is 13.0. The molecule has 132 valence electrons. The number of hydrogen-bond donors (Lipinski definition) is 1. The fraction of sp³-hybridized carbons (Fsp3) is 0.0455. The Balaban J connectivity index is 1.99. The highest BCUT2D eigenvalue weighted by molar-refractivity contribution is 5.94. The van der Waals surface area contributed by atoms with Crippen molar-refractivity contribution in [1.82, 2.24) is 9.78 Å². The van der Waals surface area contributed by atoms with E-state index in [2.05, 4.69) is 5.10 Å². The molecule has 0 saturated heterocycles. The lowest BCUT2D eigenvalue weighted by molar-refractivity contribution is 0.0697. The van der Waals surface area contributed by atoms with Crippen LogP contribution in [-0.4, -0.2) is 20.9 Å². The van der Waals surface area contributed by atoms with E-state index in [1.54, 1.807) is 18.2 Å². The fourth-order valence-corrected chi connectivity index (χ4v) is 3.03. The van der Waals surface area contributed by atoms with E-state index in [4.69, 9.17) is 5.11 Å². The summed E-state index contributed by atoms with van der Waals surface area (Å²) in [6, 6.07) is 21.4. The molecule has 0 aliphatic rings. The van der Waals surface area contributed by atoms with E-state index in [-0.39, 0.29) is 11.1 Å². The molecular weight excluding hydrogens is 340 g/mol. The Kier molecular flexibility index (Phi) is 4.05. The van der Waals surface area contributed by atoms with Crippen molar-refractivity contribution in [2.24, 2.45) is 0 Å². The summed E-state index contributed by atoms with van der Waals surface area (Å²) in [4.78, 5) is 24.0. The predicted octanol–water partition coefficient (Wildman–Crippen LogP) is 4.06. The van der Waals surface area contributed by atoms with Gasteiger partial charge in [-0.25, -0.2) is 4.79 Å². The predicted molar refractivity (Wildman–Crippen MR) is 104 cm³/mol. The van der Waals surface area contributed by atoms with E-state index < -0.39 is 5.97 Å². The van der Waals surface area contributed by atoms with Crippen LogP contribution in [0.1, 0.15) is 15.9 Å². The summed E-state index contributed by atoms with van der Waals surface area (Å²) in [5.41, 5.74) is 3.18. The van der Waals surface area contributed by atoms with Gasteiger partial charge in [0.2, 0.25) is 0 Å². The minimum absolute atomic E-state index is 0.159. The average molecular weight is 356 g/mol. The third kappa shape index (κ3) is 3.00. The summed E-state index contributed by atoms with van der Waals surface area (Å²) in [6.45, 7) is 2.01. The van der Waals surface area contributed by atoms with Crippen LogP contribution >= 0.6 is 0 Å². The van der Waals surface area contributed by atoms with Crippen LogP contribution in [0, 0.1) is 6.92 Å². The zero-order valence-corrected chi connectivity index (χ0v) is 14.6. The van der Waals surface area contributed by atoms with E-state index in [9.17, 15) is 9.59 Å². The van der Waals surface area contributed by atoms with Crippen molar-refractivity contribution >= 4 is 16.7 Å². The molecule has 0 saturated carbocycles. The van der Waals surface area contributed by atoms with Crippen molar-refractivity contribution in [3.05, 3.63) is 94.3 Å². The van der Waals surface area contributed by atoms with Crippen molar-refractivity contribution in [2.75, 3.05) is 0 Å². The van der Waals surface area contributed by atoms with Crippen molar-refractivity contribution in [3.8, 4) is 16.9 Å². The van der Waals surface area contributed by atoms with Gasteiger partial charge in [-0.2, -0.15) is 9.78 Å². The summed E-state index contributed by atoms with van der Waals surface area (Å²) >= 11 is 0. The highest BCUT2D eigenvalue weighted by Crippen LogP contribution is 2.25. The van der Waals surface area contributed by atoms with E-state index >= 15 is 0 Å². The third-order valence-corrected chi connectivity index (χ3v) is 4.49. The zero-order chi connectivity index (χ0) is 19.0. The molecule has 0 aliphatic carbocycles. The standard InChI is InChI=1S/C22H16N2O3/c1-14-6-8-15(9-7-14)20-18-4-2-3-5-19(18)21(25)24(23-20)17-12-10-16(11-13-17)22(26)27/h2-13H,1H3,(H,26,27). The number of aromatic nitrogens is 2. The van der Waals surface area contributed by atoms with Gasteiger partial charge in [0.1, 0.15) is 0 Å². The van der Waals surface area contributed by atoms with E-state index in [0.29, 0.717) is 16.8 Å². The van der Waals surface area contributed by atoms with E-state index in [1.165, 1.54) is 16.8 Å². The first-order chi connectivity index (χ1) is 13.0. The van der Waals surface area contributed by atoms with Gasteiger partial charge in [0, 0.05) is 10.9 Å². The maximum absolute atomic E-state index is 13.0. The molecule has 0 spiro atoms. The molecule has 5 heteroatoms. The summed E-state index contributed by atoms with van der Waals surface area (Å²) in [7, 11) is 0. The number of rotatable bonds is 3. The average Bonchev–Trinajstić information content (AvgIpc) is 2.69. The summed E-state index contributed by atoms with van der Waals surface area (Å²) in [5, 5.41) is 15.0. The van der Waals surface area contributed by atoms with Gasteiger partial charge in [-0.3, -0.25) is 4.79 Å². The van der Waals surface area contributed by atoms with Crippen LogP contribution in [0.4, 0.5) is 0 Å². The first-order valence-corrected chi connectivity index (χ1v) is 8.47. The van der Waals surface area contributed by atoms with Gasteiger partial charge in [-0.05, 0) is 37.3 Å². The van der Waals surface area contributed by atoms with Gasteiger partial charge in [-0.15, -0.1) is 0 Å². The molecule has 0 aliphatic heterocycles. The summed E-state index contributed by atoms with van der Waals surface area (Å²) in [5.74, 6) is -1.01. The molecule has 0 atom stereocenters. The molecule has 1 aromatic heterocycles. The molecule has 0 fully saturated rings. The van der Waals surface area contributed by atoms with Gasteiger partial charge in [0.05, 0.1) is 22.3 Å². The lowest BCUT2D eigenvalue weighted by Crippen LogP contribution is -2.22. The minimum atomic E-state index is -1.01. The topological polar surface area (TPSA) is 72.2 Å². The molecule has 0 unspecified atom stereocenters. The molecule has 0 bridgehead atoms. The van der Waals surface area contributed by atoms with Crippen molar-refractivity contribution in [2.45, 2.75) is 6.92 Å². The van der Waals surface area contributed by atoms with E-state index in [1.807, 2.05) is 49.4 Å². The number of aryl methyl sites for hydroxylation is 1. The Morgan fingerprint density at radius 2 is 1.52 bits per heavy atom. The Bertz CT molecular complexity index is 1210. The lowest BCUT2D eigenvalue weighted by Gasteiger charge is -2.11. The lowest BCUT2D eigenvalue weighted by atomic mass is 10.0. The third-order valence-electron chi connectivity index (χ3n) is 4.49. The van der Waals surface area contributed by atoms with Crippen LogP contribution in [0.2, 0.25) is 0 Å². The van der Waals surface area contributed by atoms with Crippen molar-refractivity contribution in [3.63, 3.8) is 0 Å². The molecule has 4 aromatic rings. The second kappa shape index (κ2) is 6.53. The molecule has 0 radical (unpaired) electrons. The Morgan fingerprint density at radius 1 is 0.889 bits per heavy atom. The number of carbonyl (C=O) groups is 1. The van der Waals surface area contributed by atoms with Crippen LogP contribution < -0.4 is 5.56 Å². The van der Waals surface area contributed by atoms with Crippen LogP contribution in [0.3, 0.4) is 0 Å². The minimum Gasteiger partial charge on any atom is -0.478 e. The zero-order valence-electron chi connectivity index (χ0n) is 14.6. The smallest absolute Gasteiger partial charge is 0.335 e. The largest absolute Gasteiger partial charge is 0.478 e. The molecular formula is C22H16N2O3. The van der Waals surface area contributed by atoms with Gasteiger partial charge in [-0.1, -0.05) is 48.0 Å². The molecule has 5 nitrogen and oxygen atoms in total. The fourth-order valence-electron chi connectivity index (χ4n) is 3.03. The van der Waals surface area contributed by atoms with E-state index in [0.717, 1.165) is 16.5 Å². The second-order valence-electron chi connectivity index (χ2n) is 6.33. The molecule has 3 aromatic carbocycles. The van der Waals surface area contributed by atoms with Crippen molar-refractivity contribution < 1.29 is 9.90 Å². The van der Waals surface area contributed by atoms with Gasteiger partial charge in [0.15, 0.2) is 0 Å². The molecule has 1 heterocycles. The molecule has 1 N–H and O–H groups in total. The van der Waals surface area contributed by atoms with Crippen LogP contribution in [0.25, 0.3) is 27.7 Å². The van der Waals surface area contributed by atoms with Crippen molar-refractivity contribution in [1.29, 1.82) is 0 Å². The number of carboxylic acids is 1. The number of fused-ring (bicyclic) bond motifs is 1. The van der Waals surface area contributed by atoms with Crippen LogP contribution in [0.15, 0.2) is 77.6 Å². The Morgan fingerprint density at radius 3 is 2.15 bits per heavy atom. The number of aromatic carboxylic acids is 1. The normalized spacial score (nSPS) is 10.9. The maximum Gasteiger partial charge on any atom is 0.335 e. The van der Waals surface area contributed by atoms with Gasteiger partial charge >= 0.3 is 5.97 Å². The van der Waals surface area contributed by atoms with Crippen LogP contribution in [0.5, 0.6) is 0 Å². The Labute approximate surface area is 155 Å². The highest BCUT2D eigenvalue weighted by Gasteiger charge is 2.13. The molecule has 0 amide bonds. The number of benzene rings is 3.